The molecular formula is C46H29N7. The number of fused-ring (bicyclic) bond motifs is 8. The van der Waals surface area contributed by atoms with E-state index in [2.05, 4.69) is 123 Å². The van der Waals surface area contributed by atoms with E-state index in [1.165, 1.54) is 10.8 Å². The third kappa shape index (κ3) is 4.47. The van der Waals surface area contributed by atoms with E-state index in [1.54, 1.807) is 0 Å². The standard InChI is InChI=1S/C46H29N7/c1-4-15-30(16-5-1)44-48-45(31-17-6-2-7-18-31)50-46(49-44)52-39-25-13-11-21-33(39)35-23-14-26-41(43(35)52)53-40-28-27-36-34-22-10-12-24-38(34)51(32-19-8-3-9-20-32)42(36)37(40)29-47-53/h1-29H. The fraction of sp³-hybridized carbons (Fsp3) is 0. The predicted molar refractivity (Wildman–Crippen MR) is 214 cm³/mol. The lowest BCUT2D eigenvalue weighted by atomic mass is 10.1. The molecule has 0 fully saturated rings. The van der Waals surface area contributed by atoms with Crippen LogP contribution in [0.2, 0.25) is 0 Å². The van der Waals surface area contributed by atoms with Crippen molar-refractivity contribution in [2.75, 3.05) is 0 Å². The number of hydrogen-bond acceptors (Lipinski definition) is 4. The van der Waals surface area contributed by atoms with Crippen LogP contribution in [0, 0.1) is 0 Å². The van der Waals surface area contributed by atoms with Crippen LogP contribution < -0.4 is 0 Å². The first-order valence-corrected chi connectivity index (χ1v) is 17.7. The molecule has 7 nitrogen and oxygen atoms in total. The summed E-state index contributed by atoms with van der Waals surface area (Å²) < 4.78 is 6.60. The number of para-hydroxylation sites is 4. The van der Waals surface area contributed by atoms with Crippen LogP contribution in [0.25, 0.3) is 94.6 Å². The molecule has 4 aromatic heterocycles. The van der Waals surface area contributed by atoms with Crippen LogP contribution in [0.3, 0.4) is 0 Å². The third-order valence-corrected chi connectivity index (χ3v) is 10.2. The van der Waals surface area contributed by atoms with E-state index in [4.69, 9.17) is 20.1 Å². The number of rotatable bonds is 5. The molecule has 0 amide bonds. The highest BCUT2D eigenvalue weighted by molar-refractivity contribution is 6.18. The van der Waals surface area contributed by atoms with E-state index in [0.29, 0.717) is 17.6 Å². The molecule has 7 heteroatoms. The molecule has 0 aliphatic heterocycles. The van der Waals surface area contributed by atoms with Crippen molar-refractivity contribution >= 4 is 54.5 Å². The molecule has 0 radical (unpaired) electrons. The number of aromatic nitrogens is 7. The number of benzene rings is 7. The lowest BCUT2D eigenvalue weighted by Crippen LogP contribution is -2.08. The highest BCUT2D eigenvalue weighted by Gasteiger charge is 2.23. The monoisotopic (exact) mass is 679 g/mol. The van der Waals surface area contributed by atoms with Gasteiger partial charge in [-0.1, -0.05) is 127 Å². The molecule has 7 aromatic carbocycles. The first-order valence-electron chi connectivity index (χ1n) is 17.7. The highest BCUT2D eigenvalue weighted by Crippen LogP contribution is 2.40. The average Bonchev–Trinajstić information content (AvgIpc) is 3.92. The Morgan fingerprint density at radius 3 is 1.57 bits per heavy atom. The second-order valence-electron chi connectivity index (χ2n) is 13.2. The largest absolute Gasteiger partial charge is 0.309 e. The topological polar surface area (TPSA) is 66.3 Å². The molecule has 0 aliphatic rings. The smallest absolute Gasteiger partial charge is 0.238 e. The number of nitrogens with zero attached hydrogens (tertiary/aromatic N) is 7. The molecule has 0 N–H and O–H groups in total. The van der Waals surface area contributed by atoms with Gasteiger partial charge in [-0.2, -0.15) is 15.1 Å². The van der Waals surface area contributed by atoms with E-state index < -0.39 is 0 Å². The minimum absolute atomic E-state index is 0.541. The van der Waals surface area contributed by atoms with Gasteiger partial charge in [0.25, 0.3) is 0 Å². The minimum Gasteiger partial charge on any atom is -0.309 e. The molecule has 0 unspecified atom stereocenters. The maximum atomic E-state index is 5.17. The van der Waals surface area contributed by atoms with Gasteiger partial charge in [0.05, 0.1) is 39.5 Å². The van der Waals surface area contributed by atoms with Crippen LogP contribution in [-0.4, -0.2) is 33.9 Å². The molecule has 4 heterocycles. The molecule has 0 bridgehead atoms. The second-order valence-corrected chi connectivity index (χ2v) is 13.2. The van der Waals surface area contributed by atoms with E-state index >= 15 is 0 Å². The van der Waals surface area contributed by atoms with Crippen LogP contribution in [0.4, 0.5) is 0 Å². The van der Waals surface area contributed by atoms with Crippen LogP contribution in [0.5, 0.6) is 0 Å². The summed E-state index contributed by atoms with van der Waals surface area (Å²) in [7, 11) is 0. The predicted octanol–water partition coefficient (Wildman–Crippen LogP) is 10.7. The fourth-order valence-corrected chi connectivity index (χ4v) is 7.88. The Morgan fingerprint density at radius 1 is 0.358 bits per heavy atom. The Hall–Kier alpha value is -7.38. The van der Waals surface area contributed by atoms with Crippen molar-refractivity contribution in [1.29, 1.82) is 0 Å². The summed E-state index contributed by atoms with van der Waals surface area (Å²) in [4.78, 5) is 15.3. The normalized spacial score (nSPS) is 11.8. The molecule has 248 valence electrons. The van der Waals surface area contributed by atoms with Gasteiger partial charge in [0, 0.05) is 43.7 Å². The van der Waals surface area contributed by atoms with Gasteiger partial charge in [0.2, 0.25) is 5.95 Å². The summed E-state index contributed by atoms with van der Waals surface area (Å²) in [5.41, 5.74) is 9.15. The summed E-state index contributed by atoms with van der Waals surface area (Å²) in [6.07, 6.45) is 2.01. The third-order valence-electron chi connectivity index (χ3n) is 10.2. The van der Waals surface area contributed by atoms with Crippen molar-refractivity contribution < 1.29 is 0 Å². The van der Waals surface area contributed by atoms with Crippen molar-refractivity contribution in [2.24, 2.45) is 0 Å². The summed E-state index contributed by atoms with van der Waals surface area (Å²) in [5, 5.41) is 10.8. The SMILES string of the molecule is c1ccc(-c2nc(-c3ccccc3)nc(-n3c4ccccc4c4cccc(-n5ncc6c5ccc5c7ccccc7n(-c7ccccc7)c56)c43)n2)cc1. The van der Waals surface area contributed by atoms with Gasteiger partial charge in [-0.15, -0.1) is 0 Å². The van der Waals surface area contributed by atoms with Crippen LogP contribution >= 0.6 is 0 Å². The molecule has 11 rings (SSSR count). The molecule has 0 saturated carbocycles. The summed E-state index contributed by atoms with van der Waals surface area (Å²) in [5.74, 6) is 1.76. The lowest BCUT2D eigenvalue weighted by Gasteiger charge is -2.13. The van der Waals surface area contributed by atoms with Gasteiger partial charge in [-0.25, -0.2) is 9.67 Å². The lowest BCUT2D eigenvalue weighted by molar-refractivity contribution is 0.901. The Morgan fingerprint density at radius 2 is 0.906 bits per heavy atom. The maximum Gasteiger partial charge on any atom is 0.238 e. The summed E-state index contributed by atoms with van der Waals surface area (Å²) >= 11 is 0. The van der Waals surface area contributed by atoms with E-state index in [-0.39, 0.29) is 0 Å². The van der Waals surface area contributed by atoms with Gasteiger partial charge in [-0.3, -0.25) is 4.57 Å². The molecule has 53 heavy (non-hydrogen) atoms. The first kappa shape index (κ1) is 29.4. The number of hydrogen-bond donors (Lipinski definition) is 0. The van der Waals surface area contributed by atoms with Gasteiger partial charge in [-0.05, 0) is 42.5 Å². The Kier molecular flexibility index (Phi) is 6.42. The molecular weight excluding hydrogens is 651 g/mol. The van der Waals surface area contributed by atoms with Gasteiger partial charge >= 0.3 is 0 Å². The van der Waals surface area contributed by atoms with Crippen LogP contribution in [0.15, 0.2) is 176 Å². The van der Waals surface area contributed by atoms with Crippen LogP contribution in [-0.2, 0) is 0 Å². The highest BCUT2D eigenvalue weighted by atomic mass is 15.3. The van der Waals surface area contributed by atoms with Crippen molar-refractivity contribution in [3.05, 3.63) is 176 Å². The molecule has 0 atom stereocenters. The van der Waals surface area contributed by atoms with Gasteiger partial charge < -0.3 is 4.57 Å². The average molecular weight is 680 g/mol. The van der Waals surface area contributed by atoms with Crippen molar-refractivity contribution in [3.8, 4) is 40.1 Å². The van der Waals surface area contributed by atoms with Gasteiger partial charge in [0.15, 0.2) is 11.6 Å². The van der Waals surface area contributed by atoms with E-state index in [0.717, 1.165) is 66.2 Å². The molecule has 11 aromatic rings. The van der Waals surface area contributed by atoms with Crippen molar-refractivity contribution in [1.82, 2.24) is 33.9 Å². The van der Waals surface area contributed by atoms with E-state index in [9.17, 15) is 0 Å². The fourth-order valence-electron chi connectivity index (χ4n) is 7.88. The second kappa shape index (κ2) is 11.6. The molecule has 0 aliphatic carbocycles. The Balaban J connectivity index is 1.22. The zero-order chi connectivity index (χ0) is 34.9. The first-order chi connectivity index (χ1) is 26.3. The zero-order valence-electron chi connectivity index (χ0n) is 28.4. The summed E-state index contributed by atoms with van der Waals surface area (Å²) in [6.45, 7) is 0. The van der Waals surface area contributed by atoms with Crippen LogP contribution in [0.1, 0.15) is 0 Å². The Labute approximate surface area is 303 Å². The Bertz CT molecular complexity index is 3100. The zero-order valence-corrected chi connectivity index (χ0v) is 28.4. The quantitative estimate of drug-likeness (QED) is 0.182. The van der Waals surface area contributed by atoms with Gasteiger partial charge in [0.1, 0.15) is 0 Å². The van der Waals surface area contributed by atoms with E-state index in [1.807, 2.05) is 66.9 Å². The minimum atomic E-state index is 0.541. The summed E-state index contributed by atoms with van der Waals surface area (Å²) in [6, 6.07) is 58.7. The maximum absolute atomic E-state index is 5.17. The molecule has 0 saturated heterocycles. The molecule has 0 spiro atoms. The van der Waals surface area contributed by atoms with Crippen molar-refractivity contribution in [2.45, 2.75) is 0 Å². The van der Waals surface area contributed by atoms with Crippen molar-refractivity contribution in [3.63, 3.8) is 0 Å².